The van der Waals surface area contributed by atoms with Gasteiger partial charge in [0.25, 0.3) is 0 Å². The lowest BCUT2D eigenvalue weighted by Gasteiger charge is -2.08. The summed E-state index contributed by atoms with van der Waals surface area (Å²) >= 11 is 0. The van der Waals surface area contributed by atoms with Crippen molar-refractivity contribution in [3.05, 3.63) is 89.0 Å². The summed E-state index contributed by atoms with van der Waals surface area (Å²) in [5, 5.41) is 7.55. The highest BCUT2D eigenvalue weighted by Crippen LogP contribution is 2.17. The minimum absolute atomic E-state index is 0.0347. The molecule has 0 saturated carbocycles. The second-order valence-corrected chi connectivity index (χ2v) is 7.19. The topological polar surface area (TPSA) is 121 Å². The van der Waals surface area contributed by atoms with Gasteiger partial charge >= 0.3 is 5.97 Å². The highest BCUT2D eigenvalue weighted by molar-refractivity contribution is 5.91. The second kappa shape index (κ2) is 9.25. The molecule has 9 heteroatoms. The predicted octanol–water partition coefficient (Wildman–Crippen LogP) is 3.42. The van der Waals surface area contributed by atoms with E-state index in [-0.39, 0.29) is 24.3 Å². The standard InChI is InChI=1S/C23H23N7O2/c1-15-20(16(2)30(29-15)13-17-9-5-3-6-10-17)21(31)32-14-19-26-22(24)28-23(27-19)25-18-11-7-4-8-12-18/h3-12H,13-14H2,1-2H3,(H3,24,25,26,27,28). The Bertz CT molecular complexity index is 1220. The van der Waals surface area contributed by atoms with Crippen molar-refractivity contribution < 1.29 is 9.53 Å². The van der Waals surface area contributed by atoms with Gasteiger partial charge in [-0.2, -0.15) is 20.1 Å². The average Bonchev–Trinajstić information content (AvgIpc) is 3.06. The molecule has 2 aromatic carbocycles. The first kappa shape index (κ1) is 21.0. The van der Waals surface area contributed by atoms with Crippen LogP contribution in [0.25, 0.3) is 0 Å². The number of nitrogen functional groups attached to an aromatic ring is 1. The molecule has 3 N–H and O–H groups in total. The number of nitrogens with one attached hydrogen (secondary N) is 1. The van der Waals surface area contributed by atoms with Crippen molar-refractivity contribution in [3.8, 4) is 0 Å². The number of hydrogen-bond acceptors (Lipinski definition) is 8. The van der Waals surface area contributed by atoms with Gasteiger partial charge in [0.15, 0.2) is 12.4 Å². The predicted molar refractivity (Wildman–Crippen MR) is 120 cm³/mol. The molecule has 0 amide bonds. The molecule has 2 aromatic heterocycles. The van der Waals surface area contributed by atoms with Crippen molar-refractivity contribution >= 4 is 23.6 Å². The van der Waals surface area contributed by atoms with Gasteiger partial charge < -0.3 is 15.8 Å². The van der Waals surface area contributed by atoms with Crippen LogP contribution in [0.1, 0.15) is 33.1 Å². The molecule has 0 spiro atoms. The number of nitrogens with zero attached hydrogens (tertiary/aromatic N) is 5. The van der Waals surface area contributed by atoms with Crippen molar-refractivity contribution in [2.45, 2.75) is 27.0 Å². The van der Waals surface area contributed by atoms with E-state index in [1.807, 2.05) is 67.6 Å². The van der Waals surface area contributed by atoms with Crippen LogP contribution < -0.4 is 11.1 Å². The molecule has 0 aliphatic rings. The number of benzene rings is 2. The number of hydrogen-bond donors (Lipinski definition) is 2. The first-order chi connectivity index (χ1) is 15.5. The quantitative estimate of drug-likeness (QED) is 0.429. The van der Waals surface area contributed by atoms with Gasteiger partial charge in [0.05, 0.1) is 17.9 Å². The van der Waals surface area contributed by atoms with E-state index >= 15 is 0 Å². The zero-order chi connectivity index (χ0) is 22.5. The number of carbonyl (C=O) groups is 1. The van der Waals surface area contributed by atoms with Crippen molar-refractivity contribution in [1.29, 1.82) is 0 Å². The maximum absolute atomic E-state index is 12.8. The first-order valence-electron chi connectivity index (χ1n) is 10.1. The van der Waals surface area contributed by atoms with Gasteiger partial charge in [0.2, 0.25) is 11.9 Å². The van der Waals surface area contributed by atoms with E-state index in [4.69, 9.17) is 10.5 Å². The number of aryl methyl sites for hydroxylation is 1. The molecule has 0 saturated heterocycles. The summed E-state index contributed by atoms with van der Waals surface area (Å²) < 4.78 is 7.27. The Morgan fingerprint density at radius 2 is 1.69 bits per heavy atom. The summed E-state index contributed by atoms with van der Waals surface area (Å²) in [6.07, 6.45) is 0. The van der Waals surface area contributed by atoms with Crippen LogP contribution in [0, 0.1) is 13.8 Å². The van der Waals surface area contributed by atoms with E-state index in [1.165, 1.54) is 0 Å². The summed E-state index contributed by atoms with van der Waals surface area (Å²) in [7, 11) is 0. The zero-order valence-electron chi connectivity index (χ0n) is 17.8. The number of nitrogens with two attached hydrogens (primary N) is 1. The molecular formula is C23H23N7O2. The minimum atomic E-state index is -0.490. The van der Waals surface area contributed by atoms with E-state index in [0.717, 1.165) is 16.9 Å². The molecule has 0 aliphatic carbocycles. The molecule has 2 heterocycles. The van der Waals surface area contributed by atoms with Crippen molar-refractivity contribution in [1.82, 2.24) is 24.7 Å². The molecule has 0 fully saturated rings. The maximum Gasteiger partial charge on any atom is 0.342 e. The largest absolute Gasteiger partial charge is 0.454 e. The molecular weight excluding hydrogens is 406 g/mol. The SMILES string of the molecule is Cc1nn(Cc2ccccc2)c(C)c1C(=O)OCc1nc(N)nc(Nc2ccccc2)n1. The monoisotopic (exact) mass is 429 g/mol. The minimum Gasteiger partial charge on any atom is -0.454 e. The third kappa shape index (κ3) is 4.89. The second-order valence-electron chi connectivity index (χ2n) is 7.19. The smallest absolute Gasteiger partial charge is 0.342 e. The van der Waals surface area contributed by atoms with Gasteiger partial charge in [0, 0.05) is 5.69 Å². The summed E-state index contributed by atoms with van der Waals surface area (Å²) in [6.45, 7) is 4.06. The van der Waals surface area contributed by atoms with Crippen LogP contribution in [0.2, 0.25) is 0 Å². The highest BCUT2D eigenvalue weighted by atomic mass is 16.5. The number of ether oxygens (including phenoxy) is 1. The van der Waals surface area contributed by atoms with Crippen LogP contribution in [0.15, 0.2) is 60.7 Å². The number of para-hydroxylation sites is 1. The normalized spacial score (nSPS) is 10.7. The lowest BCUT2D eigenvalue weighted by Crippen LogP contribution is -2.12. The molecule has 0 atom stereocenters. The summed E-state index contributed by atoms with van der Waals surface area (Å²) in [4.78, 5) is 25.2. The number of anilines is 3. The van der Waals surface area contributed by atoms with Gasteiger partial charge in [0.1, 0.15) is 5.56 Å². The summed E-state index contributed by atoms with van der Waals surface area (Å²) in [5.74, 6) is 0.0671. The first-order valence-corrected chi connectivity index (χ1v) is 10.1. The van der Waals surface area contributed by atoms with Gasteiger partial charge in [-0.1, -0.05) is 48.5 Å². The molecule has 0 aliphatic heterocycles. The van der Waals surface area contributed by atoms with Crippen LogP contribution in [-0.2, 0) is 17.9 Å². The Kier molecular flexibility index (Phi) is 6.07. The van der Waals surface area contributed by atoms with E-state index < -0.39 is 5.97 Å². The van der Waals surface area contributed by atoms with Crippen LogP contribution in [-0.4, -0.2) is 30.7 Å². The number of rotatable bonds is 7. The molecule has 0 radical (unpaired) electrons. The van der Waals surface area contributed by atoms with Crippen LogP contribution in [0.3, 0.4) is 0 Å². The summed E-state index contributed by atoms with van der Waals surface area (Å²) in [6, 6.07) is 19.4. The lowest BCUT2D eigenvalue weighted by atomic mass is 10.2. The van der Waals surface area contributed by atoms with Crippen LogP contribution in [0.4, 0.5) is 17.6 Å². The molecule has 162 valence electrons. The highest BCUT2D eigenvalue weighted by Gasteiger charge is 2.21. The van der Waals surface area contributed by atoms with E-state index in [1.54, 1.807) is 11.6 Å². The molecule has 0 bridgehead atoms. The fraction of sp³-hybridized carbons (Fsp3) is 0.174. The van der Waals surface area contributed by atoms with Crippen molar-refractivity contribution in [2.24, 2.45) is 0 Å². The Hall–Kier alpha value is -4.27. The Morgan fingerprint density at radius 3 is 2.41 bits per heavy atom. The third-order valence-corrected chi connectivity index (χ3v) is 4.82. The van der Waals surface area contributed by atoms with Crippen molar-refractivity contribution in [2.75, 3.05) is 11.1 Å². The third-order valence-electron chi connectivity index (χ3n) is 4.82. The lowest BCUT2D eigenvalue weighted by molar-refractivity contribution is 0.0460. The molecule has 32 heavy (non-hydrogen) atoms. The van der Waals surface area contributed by atoms with Gasteiger partial charge in [-0.25, -0.2) is 4.79 Å². The number of carbonyl (C=O) groups excluding carboxylic acids is 1. The Balaban J connectivity index is 1.46. The Morgan fingerprint density at radius 1 is 1.00 bits per heavy atom. The molecule has 4 rings (SSSR count). The molecule has 0 unspecified atom stereocenters. The van der Waals surface area contributed by atoms with Gasteiger partial charge in [-0.15, -0.1) is 0 Å². The van der Waals surface area contributed by atoms with Crippen LogP contribution >= 0.6 is 0 Å². The van der Waals surface area contributed by atoms with Gasteiger partial charge in [-0.05, 0) is 31.5 Å². The average molecular weight is 429 g/mol. The Labute approximate surface area is 185 Å². The summed E-state index contributed by atoms with van der Waals surface area (Å²) in [5.41, 5.74) is 9.47. The van der Waals surface area contributed by atoms with Crippen molar-refractivity contribution in [3.63, 3.8) is 0 Å². The van der Waals surface area contributed by atoms with Crippen LogP contribution in [0.5, 0.6) is 0 Å². The molecule has 4 aromatic rings. The number of esters is 1. The number of aromatic nitrogens is 5. The zero-order valence-corrected chi connectivity index (χ0v) is 17.8. The fourth-order valence-corrected chi connectivity index (χ4v) is 3.31. The maximum atomic E-state index is 12.8. The van der Waals surface area contributed by atoms with E-state index in [9.17, 15) is 4.79 Å². The fourth-order valence-electron chi connectivity index (χ4n) is 3.31. The van der Waals surface area contributed by atoms with E-state index in [0.29, 0.717) is 17.8 Å². The molecule has 9 nitrogen and oxygen atoms in total. The van der Waals surface area contributed by atoms with E-state index in [2.05, 4.69) is 25.4 Å². The van der Waals surface area contributed by atoms with Gasteiger partial charge in [-0.3, -0.25) is 4.68 Å².